The van der Waals surface area contributed by atoms with Gasteiger partial charge in [-0.25, -0.2) is 0 Å². The van der Waals surface area contributed by atoms with Crippen molar-refractivity contribution in [1.29, 1.82) is 0 Å². The normalized spacial score (nSPS) is 26.9. The number of ketones is 1. The predicted octanol–water partition coefficient (Wildman–Crippen LogP) is 1.23. The monoisotopic (exact) mass is 180 g/mol. The zero-order chi connectivity index (χ0) is 9.90. The highest BCUT2D eigenvalue weighted by Crippen LogP contribution is 2.27. The molecule has 3 heteroatoms. The van der Waals surface area contributed by atoms with Crippen LogP contribution < -0.4 is 0 Å². The lowest BCUT2D eigenvalue weighted by molar-refractivity contribution is -0.130. The van der Waals surface area contributed by atoms with Crippen molar-refractivity contribution in [3.05, 3.63) is 36.6 Å². The van der Waals surface area contributed by atoms with Gasteiger partial charge in [-0.3, -0.25) is 4.79 Å². The summed E-state index contributed by atoms with van der Waals surface area (Å²) < 4.78 is 10.2. The van der Waals surface area contributed by atoms with Crippen LogP contribution in [0.15, 0.2) is 36.6 Å². The van der Waals surface area contributed by atoms with Crippen molar-refractivity contribution >= 4 is 5.78 Å². The third-order valence-electron chi connectivity index (χ3n) is 2.06. The molecule has 0 amide bonds. The summed E-state index contributed by atoms with van der Waals surface area (Å²) in [5.74, 6) is 0.279. The van der Waals surface area contributed by atoms with Crippen LogP contribution in [0.5, 0.6) is 0 Å². The van der Waals surface area contributed by atoms with Crippen molar-refractivity contribution in [2.75, 3.05) is 14.2 Å². The Labute approximate surface area is 77.3 Å². The van der Waals surface area contributed by atoms with Gasteiger partial charge in [0.25, 0.3) is 0 Å². The third-order valence-corrected chi connectivity index (χ3v) is 2.06. The molecule has 0 radical (unpaired) electrons. The number of allylic oxidation sites excluding steroid dienone is 2. The van der Waals surface area contributed by atoms with Crippen LogP contribution in [0.1, 0.15) is 0 Å². The van der Waals surface area contributed by atoms with Gasteiger partial charge in [-0.15, -0.1) is 0 Å². The standard InChI is InChI=1S/C10H12O3/c1-4-10(13-3)8(11)6-5-7-9(10)12-2/h4-7H,1H2,2-3H3. The molecule has 1 atom stereocenters. The Morgan fingerprint density at radius 1 is 1.54 bits per heavy atom. The molecule has 0 fully saturated rings. The maximum Gasteiger partial charge on any atom is 0.204 e. The van der Waals surface area contributed by atoms with Gasteiger partial charge in [0.05, 0.1) is 7.11 Å². The van der Waals surface area contributed by atoms with Crippen LogP contribution in [0, 0.1) is 0 Å². The van der Waals surface area contributed by atoms with Gasteiger partial charge in [0.1, 0.15) is 5.76 Å². The van der Waals surface area contributed by atoms with Gasteiger partial charge < -0.3 is 9.47 Å². The molecule has 3 nitrogen and oxygen atoms in total. The highest BCUT2D eigenvalue weighted by atomic mass is 16.5. The summed E-state index contributed by atoms with van der Waals surface area (Å²) in [5, 5.41) is 0. The van der Waals surface area contributed by atoms with E-state index in [1.54, 1.807) is 12.2 Å². The molecule has 0 saturated carbocycles. The molecule has 1 aliphatic carbocycles. The Morgan fingerprint density at radius 2 is 2.23 bits per heavy atom. The van der Waals surface area contributed by atoms with Gasteiger partial charge in [-0.1, -0.05) is 12.7 Å². The molecule has 1 unspecified atom stereocenters. The molecular formula is C10H12O3. The van der Waals surface area contributed by atoms with Crippen LogP contribution >= 0.6 is 0 Å². The first kappa shape index (κ1) is 9.74. The van der Waals surface area contributed by atoms with Crippen LogP contribution in [-0.4, -0.2) is 25.6 Å². The summed E-state index contributed by atoms with van der Waals surface area (Å²) in [7, 11) is 2.95. The Kier molecular flexibility index (Phi) is 2.68. The van der Waals surface area contributed by atoms with Crippen LogP contribution in [0.4, 0.5) is 0 Å². The van der Waals surface area contributed by atoms with E-state index in [2.05, 4.69) is 6.58 Å². The summed E-state index contributed by atoms with van der Waals surface area (Å²) in [6, 6.07) is 0. The van der Waals surface area contributed by atoms with Crippen molar-refractivity contribution in [2.45, 2.75) is 5.60 Å². The van der Waals surface area contributed by atoms with Gasteiger partial charge >= 0.3 is 0 Å². The van der Waals surface area contributed by atoms with E-state index in [0.717, 1.165) is 0 Å². The highest BCUT2D eigenvalue weighted by Gasteiger charge is 2.40. The fourth-order valence-corrected chi connectivity index (χ4v) is 1.30. The summed E-state index contributed by atoms with van der Waals surface area (Å²) in [6.07, 6.45) is 6.19. The minimum atomic E-state index is -1.14. The van der Waals surface area contributed by atoms with Crippen molar-refractivity contribution in [3.63, 3.8) is 0 Å². The van der Waals surface area contributed by atoms with E-state index in [1.807, 2.05) is 0 Å². The predicted molar refractivity (Wildman–Crippen MR) is 49.2 cm³/mol. The van der Waals surface area contributed by atoms with Gasteiger partial charge in [-0.2, -0.15) is 0 Å². The molecule has 0 spiro atoms. The molecule has 0 saturated heterocycles. The lowest BCUT2D eigenvalue weighted by Crippen LogP contribution is -2.41. The molecular weight excluding hydrogens is 168 g/mol. The number of carbonyl (C=O) groups excluding carboxylic acids is 1. The lowest BCUT2D eigenvalue weighted by atomic mass is 9.91. The van der Waals surface area contributed by atoms with Crippen LogP contribution in [0.25, 0.3) is 0 Å². The van der Waals surface area contributed by atoms with E-state index in [-0.39, 0.29) is 5.78 Å². The number of carbonyl (C=O) groups is 1. The van der Waals surface area contributed by atoms with Crippen molar-refractivity contribution < 1.29 is 14.3 Å². The maximum absolute atomic E-state index is 11.5. The van der Waals surface area contributed by atoms with Gasteiger partial charge in [-0.05, 0) is 18.2 Å². The molecule has 0 aromatic rings. The Morgan fingerprint density at radius 3 is 2.62 bits per heavy atom. The molecule has 0 heterocycles. The fourth-order valence-electron chi connectivity index (χ4n) is 1.30. The van der Waals surface area contributed by atoms with Gasteiger partial charge in [0.2, 0.25) is 5.60 Å². The number of rotatable bonds is 3. The molecule has 70 valence electrons. The second kappa shape index (κ2) is 3.58. The number of hydrogen-bond acceptors (Lipinski definition) is 3. The summed E-state index contributed by atoms with van der Waals surface area (Å²) in [5.41, 5.74) is -1.14. The van der Waals surface area contributed by atoms with Crippen LogP contribution in [0.2, 0.25) is 0 Å². The average Bonchev–Trinajstić information content (AvgIpc) is 2.18. The minimum absolute atomic E-state index is 0.177. The molecule has 0 bridgehead atoms. The zero-order valence-corrected chi connectivity index (χ0v) is 7.74. The van der Waals surface area contributed by atoms with E-state index >= 15 is 0 Å². The Bertz CT molecular complexity index is 289. The molecule has 0 aromatic carbocycles. The van der Waals surface area contributed by atoms with Crippen LogP contribution in [0.3, 0.4) is 0 Å². The molecule has 0 N–H and O–H groups in total. The third kappa shape index (κ3) is 1.31. The van der Waals surface area contributed by atoms with E-state index in [9.17, 15) is 4.79 Å². The first-order chi connectivity index (χ1) is 6.21. The van der Waals surface area contributed by atoms with E-state index in [4.69, 9.17) is 9.47 Å². The number of hydrogen-bond donors (Lipinski definition) is 0. The van der Waals surface area contributed by atoms with Gasteiger partial charge in [0, 0.05) is 7.11 Å². The summed E-state index contributed by atoms with van der Waals surface area (Å²) in [6.45, 7) is 3.58. The van der Waals surface area contributed by atoms with Crippen LogP contribution in [-0.2, 0) is 14.3 Å². The Balaban J connectivity index is 3.17. The molecule has 13 heavy (non-hydrogen) atoms. The van der Waals surface area contributed by atoms with E-state index in [1.165, 1.54) is 26.4 Å². The fraction of sp³-hybridized carbons (Fsp3) is 0.300. The second-order valence-electron chi connectivity index (χ2n) is 2.60. The molecule has 1 aliphatic rings. The van der Waals surface area contributed by atoms with Gasteiger partial charge in [0.15, 0.2) is 5.78 Å². The average molecular weight is 180 g/mol. The first-order valence-corrected chi connectivity index (χ1v) is 3.87. The summed E-state index contributed by atoms with van der Waals surface area (Å²) >= 11 is 0. The molecule has 0 aliphatic heterocycles. The zero-order valence-electron chi connectivity index (χ0n) is 7.74. The summed E-state index contributed by atoms with van der Waals surface area (Å²) in [4.78, 5) is 11.5. The lowest BCUT2D eigenvalue weighted by Gasteiger charge is -2.29. The molecule has 1 rings (SSSR count). The largest absolute Gasteiger partial charge is 0.497 e. The maximum atomic E-state index is 11.5. The van der Waals surface area contributed by atoms with Crippen molar-refractivity contribution in [1.82, 2.24) is 0 Å². The number of methoxy groups -OCH3 is 2. The minimum Gasteiger partial charge on any atom is -0.497 e. The Hall–Kier alpha value is -1.35. The smallest absolute Gasteiger partial charge is 0.204 e. The number of ether oxygens (including phenoxy) is 2. The topological polar surface area (TPSA) is 35.5 Å². The van der Waals surface area contributed by atoms with Crippen molar-refractivity contribution in [2.24, 2.45) is 0 Å². The first-order valence-electron chi connectivity index (χ1n) is 3.87. The van der Waals surface area contributed by atoms with E-state index in [0.29, 0.717) is 5.76 Å². The SMILES string of the molecule is C=CC1(OC)C(=O)C=CC=C1OC. The second-order valence-corrected chi connectivity index (χ2v) is 2.60. The van der Waals surface area contributed by atoms with Crippen molar-refractivity contribution in [3.8, 4) is 0 Å². The molecule has 0 aromatic heterocycles. The van der Waals surface area contributed by atoms with E-state index < -0.39 is 5.60 Å². The quantitative estimate of drug-likeness (QED) is 0.613. The highest BCUT2D eigenvalue weighted by molar-refractivity contribution is 6.02.